The lowest BCUT2D eigenvalue weighted by molar-refractivity contribution is 0.384. The molecule has 0 radical (unpaired) electrons. The molecule has 10 heteroatoms. The average Bonchev–Trinajstić information content (AvgIpc) is 3.18. The molecule has 3 rings (SSSR count). The molecule has 0 aliphatic carbocycles. The Morgan fingerprint density at radius 2 is 2.12 bits per heavy atom. The van der Waals surface area contributed by atoms with Gasteiger partial charge in [-0.3, -0.25) is 0 Å². The first-order valence-corrected chi connectivity index (χ1v) is 9.42. The monoisotopic (exact) mass is 398 g/mol. The van der Waals surface area contributed by atoms with Crippen molar-refractivity contribution in [2.24, 2.45) is 0 Å². The number of nitrogens with zero attached hydrogens (tertiary/aromatic N) is 5. The van der Waals surface area contributed by atoms with Crippen LogP contribution in [0.3, 0.4) is 0 Å². The lowest BCUT2D eigenvalue weighted by Crippen LogP contribution is -2.11. The van der Waals surface area contributed by atoms with Gasteiger partial charge in [0, 0.05) is 17.0 Å². The molecule has 0 saturated carbocycles. The number of hydrogen-bond donors (Lipinski definition) is 1. The van der Waals surface area contributed by atoms with E-state index in [1.165, 1.54) is 16.4 Å². The van der Waals surface area contributed by atoms with Gasteiger partial charge in [-0.2, -0.15) is 4.98 Å². The number of thioether (sulfide) groups is 1. The van der Waals surface area contributed by atoms with E-state index in [9.17, 15) is 0 Å². The first-order valence-electron chi connectivity index (χ1n) is 7.68. The molecule has 0 aliphatic rings. The summed E-state index contributed by atoms with van der Waals surface area (Å²) in [6.07, 6.45) is 2.94. The summed E-state index contributed by atoms with van der Waals surface area (Å²) in [7, 11) is 0. The van der Waals surface area contributed by atoms with Crippen molar-refractivity contribution < 1.29 is 4.52 Å². The molecular formula is C15H16Cl2N6OS. The molecule has 0 saturated heterocycles. The Kier molecular flexibility index (Phi) is 5.82. The molecule has 0 atom stereocenters. The van der Waals surface area contributed by atoms with Gasteiger partial charge in [-0.1, -0.05) is 53.5 Å². The zero-order valence-electron chi connectivity index (χ0n) is 13.4. The van der Waals surface area contributed by atoms with Crippen LogP contribution in [0.15, 0.2) is 27.9 Å². The Hall–Kier alpha value is -1.77. The maximum absolute atomic E-state index is 6.20. The van der Waals surface area contributed by atoms with Gasteiger partial charge < -0.3 is 10.4 Å². The minimum Gasteiger partial charge on any atom is -0.338 e. The predicted molar refractivity (Wildman–Crippen MR) is 98.1 cm³/mol. The van der Waals surface area contributed by atoms with Crippen LogP contribution >= 0.6 is 35.0 Å². The number of unbranched alkanes of at least 4 members (excludes halogenated alkanes) is 1. The highest BCUT2D eigenvalue weighted by molar-refractivity contribution is 7.98. The maximum atomic E-state index is 6.20. The van der Waals surface area contributed by atoms with E-state index in [4.69, 9.17) is 33.6 Å². The molecule has 0 aliphatic heterocycles. The Morgan fingerprint density at radius 1 is 1.28 bits per heavy atom. The van der Waals surface area contributed by atoms with E-state index < -0.39 is 0 Å². The molecular weight excluding hydrogens is 383 g/mol. The van der Waals surface area contributed by atoms with Crippen LogP contribution in [0.25, 0.3) is 11.4 Å². The van der Waals surface area contributed by atoms with E-state index in [0.29, 0.717) is 38.2 Å². The van der Waals surface area contributed by atoms with Crippen LogP contribution in [0.2, 0.25) is 10.0 Å². The Morgan fingerprint density at radius 3 is 2.88 bits per heavy atom. The Bertz CT molecular complexity index is 866. The molecule has 0 fully saturated rings. The molecule has 132 valence electrons. The number of hydrogen-bond acceptors (Lipinski definition) is 7. The number of nitrogen functional groups attached to an aromatic ring is 1. The third kappa shape index (κ3) is 4.26. The van der Waals surface area contributed by atoms with Crippen LogP contribution < -0.4 is 5.84 Å². The molecule has 2 N–H and O–H groups in total. The predicted octanol–water partition coefficient (Wildman–Crippen LogP) is 3.98. The molecule has 0 unspecified atom stereocenters. The van der Waals surface area contributed by atoms with Gasteiger partial charge in [0.2, 0.25) is 11.0 Å². The maximum Gasteiger partial charge on any atom is 0.237 e. The summed E-state index contributed by atoms with van der Waals surface area (Å²) < 4.78 is 6.61. The molecule has 1 aromatic carbocycles. The summed E-state index contributed by atoms with van der Waals surface area (Å²) in [5.41, 5.74) is 0.660. The van der Waals surface area contributed by atoms with Crippen molar-refractivity contribution in [2.45, 2.75) is 37.1 Å². The van der Waals surface area contributed by atoms with E-state index in [1.54, 1.807) is 18.2 Å². The smallest absolute Gasteiger partial charge is 0.237 e. The van der Waals surface area contributed by atoms with E-state index in [0.717, 1.165) is 25.1 Å². The fraction of sp³-hybridized carbons (Fsp3) is 0.333. The van der Waals surface area contributed by atoms with Crippen molar-refractivity contribution >= 4 is 35.0 Å². The van der Waals surface area contributed by atoms with Crippen LogP contribution in [-0.4, -0.2) is 25.0 Å². The van der Waals surface area contributed by atoms with E-state index in [2.05, 4.69) is 27.3 Å². The molecule has 3 aromatic rings. The molecule has 2 heterocycles. The fourth-order valence-corrected chi connectivity index (χ4v) is 3.33. The molecule has 0 bridgehead atoms. The second-order valence-corrected chi connectivity index (χ2v) is 7.08. The van der Waals surface area contributed by atoms with Crippen LogP contribution in [0.1, 0.15) is 31.5 Å². The first kappa shape index (κ1) is 18.0. The fourth-order valence-electron chi connectivity index (χ4n) is 2.14. The highest BCUT2D eigenvalue weighted by Crippen LogP contribution is 2.30. The van der Waals surface area contributed by atoms with Gasteiger partial charge in [0.15, 0.2) is 11.6 Å². The topological polar surface area (TPSA) is 95.7 Å². The van der Waals surface area contributed by atoms with Crippen molar-refractivity contribution in [1.29, 1.82) is 0 Å². The van der Waals surface area contributed by atoms with Crippen LogP contribution in [0.5, 0.6) is 0 Å². The van der Waals surface area contributed by atoms with Gasteiger partial charge >= 0.3 is 0 Å². The first-order chi connectivity index (χ1) is 12.1. The minimum atomic E-state index is 0.457. The van der Waals surface area contributed by atoms with Crippen LogP contribution in [0.4, 0.5) is 0 Å². The molecule has 7 nitrogen and oxygen atoms in total. The minimum absolute atomic E-state index is 0.457. The molecule has 2 aromatic heterocycles. The number of rotatable bonds is 7. The van der Waals surface area contributed by atoms with Gasteiger partial charge in [0.25, 0.3) is 0 Å². The number of nitrogens with two attached hydrogens (primary N) is 1. The van der Waals surface area contributed by atoms with Gasteiger partial charge in [-0.05, 0) is 24.6 Å². The van der Waals surface area contributed by atoms with Crippen LogP contribution in [0, 0.1) is 0 Å². The highest BCUT2D eigenvalue weighted by atomic mass is 35.5. The summed E-state index contributed by atoms with van der Waals surface area (Å²) >= 11 is 13.5. The van der Waals surface area contributed by atoms with Gasteiger partial charge in [0.05, 0.1) is 10.8 Å². The van der Waals surface area contributed by atoms with Crippen molar-refractivity contribution in [1.82, 2.24) is 25.0 Å². The largest absolute Gasteiger partial charge is 0.338 e. The standard InChI is InChI=1S/C15H16Cl2N6OS/c1-2-3-4-12-19-13(24-22-12)8-25-15-21-20-14(23(15)18)10-6-5-9(16)7-11(10)17/h5-7H,2-4,8,18H2,1H3. The van der Waals surface area contributed by atoms with Crippen molar-refractivity contribution in [2.75, 3.05) is 5.84 Å². The van der Waals surface area contributed by atoms with Crippen LogP contribution in [-0.2, 0) is 12.2 Å². The molecule has 0 amide bonds. The SMILES string of the molecule is CCCCc1noc(CSc2nnc(-c3ccc(Cl)cc3Cl)n2N)n1. The number of aryl methyl sites for hydroxylation is 1. The van der Waals surface area contributed by atoms with Gasteiger partial charge in [-0.25, -0.2) is 4.68 Å². The summed E-state index contributed by atoms with van der Waals surface area (Å²) in [5.74, 6) is 8.26. The van der Waals surface area contributed by atoms with Gasteiger partial charge in [0.1, 0.15) is 0 Å². The third-order valence-electron chi connectivity index (χ3n) is 3.43. The Balaban J connectivity index is 1.70. The van der Waals surface area contributed by atoms with Crippen molar-refractivity contribution in [3.05, 3.63) is 40.0 Å². The second kappa shape index (κ2) is 8.07. The summed E-state index contributed by atoms with van der Waals surface area (Å²) in [6, 6.07) is 5.11. The summed E-state index contributed by atoms with van der Waals surface area (Å²) in [5, 5.41) is 13.7. The molecule has 25 heavy (non-hydrogen) atoms. The number of aromatic nitrogens is 5. The molecule has 0 spiro atoms. The zero-order chi connectivity index (χ0) is 17.8. The number of benzene rings is 1. The van der Waals surface area contributed by atoms with Crippen molar-refractivity contribution in [3.8, 4) is 11.4 Å². The quantitative estimate of drug-likeness (QED) is 0.474. The lowest BCUT2D eigenvalue weighted by atomic mass is 10.2. The van der Waals surface area contributed by atoms with Crippen molar-refractivity contribution in [3.63, 3.8) is 0 Å². The number of halogens is 2. The second-order valence-electron chi connectivity index (χ2n) is 5.30. The summed E-state index contributed by atoms with van der Waals surface area (Å²) in [4.78, 5) is 4.35. The van der Waals surface area contributed by atoms with E-state index in [1.807, 2.05) is 0 Å². The third-order valence-corrected chi connectivity index (χ3v) is 4.90. The average molecular weight is 399 g/mol. The lowest BCUT2D eigenvalue weighted by Gasteiger charge is -2.05. The van der Waals surface area contributed by atoms with E-state index in [-0.39, 0.29) is 0 Å². The highest BCUT2D eigenvalue weighted by Gasteiger charge is 2.16. The normalized spacial score (nSPS) is 11.2. The Labute approximate surface area is 158 Å². The van der Waals surface area contributed by atoms with Gasteiger partial charge in [-0.15, -0.1) is 10.2 Å². The zero-order valence-corrected chi connectivity index (χ0v) is 15.8. The van der Waals surface area contributed by atoms with E-state index >= 15 is 0 Å². The summed E-state index contributed by atoms with van der Waals surface area (Å²) in [6.45, 7) is 2.12.